The van der Waals surface area contributed by atoms with Crippen LogP contribution in [0.5, 0.6) is 5.75 Å². The van der Waals surface area contributed by atoms with Gasteiger partial charge in [-0.05, 0) is 61.7 Å². The van der Waals surface area contributed by atoms with Crippen molar-refractivity contribution < 1.29 is 45.4 Å². The third kappa shape index (κ3) is 6.27. The van der Waals surface area contributed by atoms with E-state index in [0.717, 1.165) is 37.1 Å². The van der Waals surface area contributed by atoms with E-state index < -0.39 is 58.9 Å². The highest BCUT2D eigenvalue weighted by Gasteiger charge is 2.57. The number of aliphatic hydroxyl groups is 1. The number of carbonyl (C=O) groups excluding carboxylic acids is 1. The van der Waals surface area contributed by atoms with Crippen LogP contribution in [0.3, 0.4) is 0 Å². The molecule has 2 atom stereocenters. The van der Waals surface area contributed by atoms with Gasteiger partial charge in [-0.15, -0.1) is 0 Å². The molecule has 1 saturated carbocycles. The third-order valence-corrected chi connectivity index (χ3v) is 7.46. The van der Waals surface area contributed by atoms with Gasteiger partial charge in [-0.2, -0.15) is 26.3 Å². The highest BCUT2D eigenvalue weighted by molar-refractivity contribution is 5.92. The average molecular weight is 614 g/mol. The SMILES string of the molecule is C[C@]1(CNCC2CC2)COc2c1cc([C@@](O)(CNC(=O)c1ccnc(C(F)(F)F)n1)C(F)(F)F)nc2-c1ccc(F)cc1. The second-order valence-corrected chi connectivity index (χ2v) is 11.0. The molecule has 0 saturated heterocycles. The number of carbonyl (C=O) groups is 1. The Kier molecular flexibility index (Phi) is 7.84. The van der Waals surface area contributed by atoms with Crippen LogP contribution < -0.4 is 15.4 Å². The average Bonchev–Trinajstić information content (AvgIpc) is 3.72. The summed E-state index contributed by atoms with van der Waals surface area (Å²) in [5.74, 6) is -2.98. The highest BCUT2D eigenvalue weighted by atomic mass is 19.4. The molecule has 43 heavy (non-hydrogen) atoms. The van der Waals surface area contributed by atoms with Crippen LogP contribution in [0.1, 0.15) is 47.3 Å². The maximum Gasteiger partial charge on any atom is 0.451 e. The Hall–Kier alpha value is -3.85. The quantitative estimate of drug-likeness (QED) is 0.305. The lowest BCUT2D eigenvalue weighted by atomic mass is 9.82. The number of ether oxygens (including phenoxy) is 1. The van der Waals surface area contributed by atoms with Gasteiger partial charge in [0.1, 0.15) is 23.0 Å². The zero-order valence-electron chi connectivity index (χ0n) is 22.6. The van der Waals surface area contributed by atoms with Crippen LogP contribution in [0.15, 0.2) is 42.6 Å². The lowest BCUT2D eigenvalue weighted by Gasteiger charge is -2.32. The fourth-order valence-corrected chi connectivity index (χ4v) is 4.73. The molecule has 3 aromatic rings. The summed E-state index contributed by atoms with van der Waals surface area (Å²) in [6.45, 7) is 1.39. The molecule has 0 unspecified atom stereocenters. The molecule has 1 fully saturated rings. The van der Waals surface area contributed by atoms with Crippen molar-refractivity contribution in [3.63, 3.8) is 0 Å². The molecule has 3 heterocycles. The van der Waals surface area contributed by atoms with Gasteiger partial charge in [0.25, 0.3) is 5.91 Å². The van der Waals surface area contributed by atoms with E-state index in [1.807, 2.05) is 5.32 Å². The second kappa shape index (κ2) is 11.0. The van der Waals surface area contributed by atoms with Crippen molar-refractivity contribution in [3.8, 4) is 17.0 Å². The third-order valence-electron chi connectivity index (χ3n) is 7.46. The molecule has 0 bridgehead atoms. The summed E-state index contributed by atoms with van der Waals surface area (Å²) in [5.41, 5.74) is -5.96. The highest BCUT2D eigenvalue weighted by Crippen LogP contribution is 2.47. The van der Waals surface area contributed by atoms with Crippen molar-refractivity contribution in [1.82, 2.24) is 25.6 Å². The van der Waals surface area contributed by atoms with Gasteiger partial charge in [0.15, 0.2) is 0 Å². The van der Waals surface area contributed by atoms with Crippen LogP contribution in [-0.2, 0) is 17.2 Å². The Morgan fingerprint density at radius 2 is 1.79 bits per heavy atom. The monoisotopic (exact) mass is 613 g/mol. The maximum atomic E-state index is 14.6. The van der Waals surface area contributed by atoms with Gasteiger partial charge >= 0.3 is 12.4 Å². The maximum absolute atomic E-state index is 14.6. The normalized spacial score (nSPS) is 19.8. The number of hydrogen-bond acceptors (Lipinski definition) is 7. The summed E-state index contributed by atoms with van der Waals surface area (Å²) < 4.78 is 102. The Labute approximate surface area is 240 Å². The molecule has 5 rings (SSSR count). The Morgan fingerprint density at radius 1 is 1.09 bits per heavy atom. The van der Waals surface area contributed by atoms with E-state index in [0.29, 0.717) is 30.8 Å². The van der Waals surface area contributed by atoms with Gasteiger partial charge in [0.2, 0.25) is 11.4 Å². The summed E-state index contributed by atoms with van der Waals surface area (Å²) >= 11 is 0. The number of halogens is 7. The summed E-state index contributed by atoms with van der Waals surface area (Å²) in [7, 11) is 0. The molecular weight excluding hydrogens is 587 g/mol. The number of fused-ring (bicyclic) bond motifs is 1. The van der Waals surface area contributed by atoms with Crippen LogP contribution in [0.25, 0.3) is 11.3 Å². The van der Waals surface area contributed by atoms with E-state index in [4.69, 9.17) is 4.74 Å². The molecule has 8 nitrogen and oxygen atoms in total. The minimum atomic E-state index is -5.41. The van der Waals surface area contributed by atoms with Gasteiger partial charge in [0, 0.05) is 29.3 Å². The van der Waals surface area contributed by atoms with Gasteiger partial charge in [-0.3, -0.25) is 4.79 Å². The fourth-order valence-electron chi connectivity index (χ4n) is 4.73. The largest absolute Gasteiger partial charge is 0.490 e. The van der Waals surface area contributed by atoms with Crippen molar-refractivity contribution in [3.05, 3.63) is 71.2 Å². The summed E-state index contributed by atoms with van der Waals surface area (Å²) in [5, 5.41) is 16.3. The van der Waals surface area contributed by atoms with Crippen molar-refractivity contribution in [1.29, 1.82) is 0 Å². The number of nitrogens with one attached hydrogen (secondary N) is 2. The number of benzene rings is 1. The molecule has 1 aromatic carbocycles. The zero-order valence-corrected chi connectivity index (χ0v) is 22.6. The van der Waals surface area contributed by atoms with Crippen LogP contribution in [0.2, 0.25) is 0 Å². The van der Waals surface area contributed by atoms with Crippen molar-refractivity contribution in [2.75, 3.05) is 26.2 Å². The minimum absolute atomic E-state index is 0.0791. The number of alkyl halides is 6. The number of pyridine rings is 1. The van der Waals surface area contributed by atoms with Crippen molar-refractivity contribution in [2.45, 2.75) is 43.1 Å². The fraction of sp³-hybridized carbons (Fsp3) is 0.429. The van der Waals surface area contributed by atoms with Crippen LogP contribution in [-0.4, -0.2) is 58.4 Å². The molecule has 1 aliphatic carbocycles. The molecule has 15 heteroatoms. The Bertz CT molecular complexity index is 1510. The standard InChI is InChI=1S/C28H26F7N5O3/c1-25(12-36-11-15-2-3-15)14-43-22-18(25)10-20(40-21(22)16-4-6-17(29)7-5-16)26(42,28(33,34)35)13-38-23(41)19-8-9-37-24(39-19)27(30,31)32/h4-10,15,36,42H,2-3,11-14H2,1H3,(H,38,41)/t25-,26-/m0/s1. The predicted molar refractivity (Wildman–Crippen MR) is 137 cm³/mol. The van der Waals surface area contributed by atoms with Crippen LogP contribution in [0, 0.1) is 11.7 Å². The van der Waals surface area contributed by atoms with Gasteiger partial charge < -0.3 is 20.5 Å². The molecule has 2 aromatic heterocycles. The van der Waals surface area contributed by atoms with Gasteiger partial charge in [-0.25, -0.2) is 19.3 Å². The van der Waals surface area contributed by atoms with E-state index in [-0.39, 0.29) is 23.6 Å². The first-order valence-electron chi connectivity index (χ1n) is 13.2. The van der Waals surface area contributed by atoms with Crippen LogP contribution in [0.4, 0.5) is 30.7 Å². The molecule has 0 spiro atoms. The molecular formula is C28H26F7N5O3. The van der Waals surface area contributed by atoms with E-state index in [9.17, 15) is 40.6 Å². The lowest BCUT2D eigenvalue weighted by Crippen LogP contribution is -2.52. The number of aromatic nitrogens is 3. The van der Waals surface area contributed by atoms with Gasteiger partial charge in [-0.1, -0.05) is 6.92 Å². The molecule has 1 amide bonds. The molecule has 3 N–H and O–H groups in total. The number of rotatable bonds is 9. The van der Waals surface area contributed by atoms with Gasteiger partial charge in [0.05, 0.1) is 18.8 Å². The first-order valence-corrected chi connectivity index (χ1v) is 13.2. The van der Waals surface area contributed by atoms with E-state index in [1.54, 1.807) is 6.92 Å². The lowest BCUT2D eigenvalue weighted by molar-refractivity contribution is -0.265. The Morgan fingerprint density at radius 3 is 2.42 bits per heavy atom. The number of amides is 1. The van der Waals surface area contributed by atoms with E-state index in [1.165, 1.54) is 12.1 Å². The predicted octanol–water partition coefficient (Wildman–Crippen LogP) is 4.53. The molecule has 0 radical (unpaired) electrons. The zero-order chi connectivity index (χ0) is 31.2. The molecule has 2 aliphatic rings. The van der Waals surface area contributed by atoms with Crippen molar-refractivity contribution >= 4 is 5.91 Å². The summed E-state index contributed by atoms with van der Waals surface area (Å²) in [6, 6.07) is 6.62. The molecule has 230 valence electrons. The van der Waals surface area contributed by atoms with Crippen molar-refractivity contribution in [2.24, 2.45) is 5.92 Å². The number of hydrogen-bond donors (Lipinski definition) is 3. The molecule has 1 aliphatic heterocycles. The first kappa shape index (κ1) is 30.6. The minimum Gasteiger partial charge on any atom is -0.490 e. The summed E-state index contributed by atoms with van der Waals surface area (Å²) in [6.07, 6.45) is -7.62. The van der Waals surface area contributed by atoms with E-state index >= 15 is 0 Å². The van der Waals surface area contributed by atoms with E-state index in [2.05, 4.69) is 20.3 Å². The van der Waals surface area contributed by atoms with Crippen LogP contribution >= 0.6 is 0 Å². The topological polar surface area (TPSA) is 109 Å². The summed E-state index contributed by atoms with van der Waals surface area (Å²) in [4.78, 5) is 22.8. The first-order chi connectivity index (χ1) is 20.1. The number of nitrogens with zero attached hydrogens (tertiary/aromatic N) is 3. The Balaban J connectivity index is 1.53. The second-order valence-electron chi connectivity index (χ2n) is 11.0. The smallest absolute Gasteiger partial charge is 0.451 e.